The van der Waals surface area contributed by atoms with Gasteiger partial charge in [-0.2, -0.15) is 0 Å². The van der Waals surface area contributed by atoms with Gasteiger partial charge in [0.1, 0.15) is 0 Å². The van der Waals surface area contributed by atoms with Crippen molar-refractivity contribution in [3.8, 4) is 0 Å². The maximum Gasteiger partial charge on any atom is 0.261 e. The van der Waals surface area contributed by atoms with Crippen LogP contribution in [-0.4, -0.2) is 23.3 Å². The van der Waals surface area contributed by atoms with Gasteiger partial charge in [-0.15, -0.1) is 22.7 Å². The summed E-state index contributed by atoms with van der Waals surface area (Å²) < 4.78 is 0. The Hall–Kier alpha value is -1.73. The van der Waals surface area contributed by atoms with Crippen molar-refractivity contribution in [1.82, 2.24) is 10.3 Å². The Morgan fingerprint density at radius 2 is 2.14 bits per heavy atom. The molecule has 2 aromatic heterocycles. The van der Waals surface area contributed by atoms with E-state index in [2.05, 4.69) is 15.6 Å². The minimum Gasteiger partial charge on any atom is -0.351 e. The van der Waals surface area contributed by atoms with Gasteiger partial charge in [-0.25, -0.2) is 4.98 Å². The molecule has 7 heteroatoms. The van der Waals surface area contributed by atoms with Crippen molar-refractivity contribution in [2.24, 2.45) is 0 Å². The number of nitrogens with one attached hydrogen (secondary N) is 2. The molecule has 0 aromatic carbocycles. The van der Waals surface area contributed by atoms with E-state index in [0.29, 0.717) is 29.4 Å². The fourth-order valence-electron chi connectivity index (χ4n) is 1.65. The second-order valence-electron chi connectivity index (χ2n) is 4.55. The molecule has 0 atom stereocenters. The van der Waals surface area contributed by atoms with Crippen LogP contribution in [0.2, 0.25) is 0 Å². The van der Waals surface area contributed by atoms with Gasteiger partial charge in [-0.1, -0.05) is 6.07 Å². The number of thiophene rings is 1. The number of rotatable bonds is 6. The van der Waals surface area contributed by atoms with Crippen molar-refractivity contribution in [3.05, 3.63) is 33.0 Å². The van der Waals surface area contributed by atoms with Gasteiger partial charge in [0, 0.05) is 17.8 Å². The smallest absolute Gasteiger partial charge is 0.261 e. The third-order valence-corrected chi connectivity index (χ3v) is 4.74. The topological polar surface area (TPSA) is 71.1 Å². The second kappa shape index (κ2) is 7.33. The van der Waals surface area contributed by atoms with Gasteiger partial charge in [0.2, 0.25) is 5.91 Å². The number of nitrogens with zero attached hydrogens (tertiary/aromatic N) is 1. The molecule has 0 unspecified atom stereocenters. The van der Waals surface area contributed by atoms with E-state index < -0.39 is 0 Å². The highest BCUT2D eigenvalue weighted by atomic mass is 32.1. The third kappa shape index (κ3) is 4.64. The van der Waals surface area contributed by atoms with E-state index in [9.17, 15) is 9.59 Å². The zero-order valence-electron chi connectivity index (χ0n) is 11.9. The maximum atomic E-state index is 11.8. The quantitative estimate of drug-likeness (QED) is 0.803. The molecule has 2 aromatic rings. The zero-order valence-corrected chi connectivity index (χ0v) is 13.6. The summed E-state index contributed by atoms with van der Waals surface area (Å²) in [5.74, 6) is -0.161. The largest absolute Gasteiger partial charge is 0.351 e. The molecule has 0 radical (unpaired) electrons. The van der Waals surface area contributed by atoms with Crippen LogP contribution in [0.3, 0.4) is 0 Å². The highest BCUT2D eigenvalue weighted by molar-refractivity contribution is 7.15. The van der Waals surface area contributed by atoms with E-state index in [-0.39, 0.29) is 11.8 Å². The first kappa shape index (κ1) is 15.7. The lowest BCUT2D eigenvalue weighted by atomic mass is 10.3. The number of anilines is 1. The molecule has 0 spiro atoms. The first-order chi connectivity index (χ1) is 10.1. The van der Waals surface area contributed by atoms with Crippen molar-refractivity contribution in [2.75, 3.05) is 11.9 Å². The standard InChI is InChI=1S/C14H17N3O2S2/c1-9-10(2)21-14(16-9)17-12(18)6-3-7-15-13(19)11-5-4-8-20-11/h4-5,8H,3,6-7H2,1-2H3,(H,15,19)(H,16,17,18). The predicted molar refractivity (Wildman–Crippen MR) is 86.1 cm³/mol. The lowest BCUT2D eigenvalue weighted by molar-refractivity contribution is -0.116. The molecule has 2 heterocycles. The van der Waals surface area contributed by atoms with Crippen molar-refractivity contribution >= 4 is 39.6 Å². The Labute approximate surface area is 131 Å². The number of hydrogen-bond donors (Lipinski definition) is 2. The van der Waals surface area contributed by atoms with Crippen LogP contribution in [0, 0.1) is 13.8 Å². The minimum atomic E-state index is -0.0865. The highest BCUT2D eigenvalue weighted by Gasteiger charge is 2.09. The molecule has 0 fully saturated rings. The normalized spacial score (nSPS) is 10.4. The molecule has 0 aliphatic heterocycles. The van der Waals surface area contributed by atoms with Gasteiger partial charge in [0.05, 0.1) is 10.6 Å². The second-order valence-corrected chi connectivity index (χ2v) is 6.70. The molecule has 112 valence electrons. The van der Waals surface area contributed by atoms with Crippen molar-refractivity contribution in [2.45, 2.75) is 26.7 Å². The lowest BCUT2D eigenvalue weighted by Gasteiger charge is -2.03. The molecule has 0 saturated carbocycles. The molecule has 0 bridgehead atoms. The molecule has 0 aliphatic rings. The number of thiazole rings is 1. The molecule has 2 rings (SSSR count). The average Bonchev–Trinajstić information content (AvgIpc) is 3.06. The summed E-state index contributed by atoms with van der Waals surface area (Å²) in [5, 5.41) is 8.07. The van der Waals surface area contributed by atoms with E-state index in [4.69, 9.17) is 0 Å². The Bertz CT molecular complexity index is 601. The summed E-state index contributed by atoms with van der Waals surface area (Å²) >= 11 is 2.88. The first-order valence-corrected chi connectivity index (χ1v) is 8.31. The number of hydrogen-bond acceptors (Lipinski definition) is 5. The van der Waals surface area contributed by atoms with Crippen LogP contribution < -0.4 is 10.6 Å². The molecular weight excluding hydrogens is 306 g/mol. The van der Waals surface area contributed by atoms with Crippen LogP contribution in [0.15, 0.2) is 17.5 Å². The van der Waals surface area contributed by atoms with Gasteiger partial charge < -0.3 is 10.6 Å². The summed E-state index contributed by atoms with van der Waals surface area (Å²) in [6.07, 6.45) is 0.967. The Morgan fingerprint density at radius 3 is 2.76 bits per heavy atom. The van der Waals surface area contributed by atoms with Crippen LogP contribution >= 0.6 is 22.7 Å². The van der Waals surface area contributed by atoms with Gasteiger partial charge >= 0.3 is 0 Å². The fourth-order valence-corrected chi connectivity index (χ4v) is 3.12. The van der Waals surface area contributed by atoms with E-state index in [1.54, 1.807) is 6.07 Å². The van der Waals surface area contributed by atoms with E-state index in [0.717, 1.165) is 10.6 Å². The van der Waals surface area contributed by atoms with Gasteiger partial charge in [0.15, 0.2) is 5.13 Å². The van der Waals surface area contributed by atoms with Crippen LogP contribution in [0.5, 0.6) is 0 Å². The molecule has 21 heavy (non-hydrogen) atoms. The number of aryl methyl sites for hydroxylation is 2. The number of carbonyl (C=O) groups is 2. The van der Waals surface area contributed by atoms with Gasteiger partial charge in [-0.05, 0) is 31.7 Å². The van der Waals surface area contributed by atoms with Crippen molar-refractivity contribution in [3.63, 3.8) is 0 Å². The monoisotopic (exact) mass is 323 g/mol. The maximum absolute atomic E-state index is 11.8. The average molecular weight is 323 g/mol. The Morgan fingerprint density at radius 1 is 1.33 bits per heavy atom. The van der Waals surface area contributed by atoms with Crippen LogP contribution in [0.25, 0.3) is 0 Å². The molecule has 2 N–H and O–H groups in total. The molecular formula is C14H17N3O2S2. The fraction of sp³-hybridized carbons (Fsp3) is 0.357. The van der Waals surface area contributed by atoms with E-state index in [1.165, 1.54) is 22.7 Å². The number of carbonyl (C=O) groups excluding carboxylic acids is 2. The summed E-state index contributed by atoms with van der Waals surface area (Å²) in [5.41, 5.74) is 0.943. The molecule has 0 aliphatic carbocycles. The SMILES string of the molecule is Cc1nc(NC(=O)CCCNC(=O)c2cccs2)sc1C. The third-order valence-electron chi connectivity index (χ3n) is 2.89. The highest BCUT2D eigenvalue weighted by Crippen LogP contribution is 2.21. The summed E-state index contributed by atoms with van der Waals surface area (Å²) in [6, 6.07) is 3.62. The zero-order chi connectivity index (χ0) is 15.2. The van der Waals surface area contributed by atoms with Crippen LogP contribution in [-0.2, 0) is 4.79 Å². The minimum absolute atomic E-state index is 0.0749. The Balaban J connectivity index is 1.66. The predicted octanol–water partition coefficient (Wildman–Crippen LogP) is 2.97. The lowest BCUT2D eigenvalue weighted by Crippen LogP contribution is -2.24. The van der Waals surface area contributed by atoms with E-state index >= 15 is 0 Å². The molecule has 0 saturated heterocycles. The Kier molecular flexibility index (Phi) is 5.46. The molecule has 5 nitrogen and oxygen atoms in total. The van der Waals surface area contributed by atoms with Gasteiger partial charge in [-0.3, -0.25) is 9.59 Å². The molecule has 2 amide bonds. The summed E-state index contributed by atoms with van der Waals surface area (Å²) in [4.78, 5) is 29.5. The number of aromatic nitrogens is 1. The summed E-state index contributed by atoms with van der Waals surface area (Å²) in [6.45, 7) is 4.38. The van der Waals surface area contributed by atoms with Crippen molar-refractivity contribution in [1.29, 1.82) is 0 Å². The van der Waals surface area contributed by atoms with Gasteiger partial charge in [0.25, 0.3) is 5.91 Å². The van der Waals surface area contributed by atoms with E-state index in [1.807, 2.05) is 25.3 Å². The van der Waals surface area contributed by atoms with Crippen LogP contribution in [0.1, 0.15) is 33.1 Å². The van der Waals surface area contributed by atoms with Crippen LogP contribution in [0.4, 0.5) is 5.13 Å². The number of amides is 2. The summed E-state index contributed by atoms with van der Waals surface area (Å²) in [7, 11) is 0. The van der Waals surface area contributed by atoms with Crippen molar-refractivity contribution < 1.29 is 9.59 Å². The first-order valence-electron chi connectivity index (χ1n) is 6.62.